The smallest absolute Gasteiger partial charge is 0.163 e. The Balaban J connectivity index is 1.56. The Bertz CT molecular complexity index is 1190. The zero-order valence-electron chi connectivity index (χ0n) is 20.8. The Labute approximate surface area is 206 Å². The third-order valence-corrected chi connectivity index (χ3v) is 6.92. The van der Waals surface area contributed by atoms with Gasteiger partial charge in [0.2, 0.25) is 0 Å². The molecule has 8 nitrogen and oxygen atoms in total. The molecule has 3 atom stereocenters. The largest absolute Gasteiger partial charge is 0.392 e. The highest BCUT2D eigenvalue weighted by Gasteiger charge is 2.39. The van der Waals surface area contributed by atoms with E-state index in [2.05, 4.69) is 35.8 Å². The van der Waals surface area contributed by atoms with Crippen molar-refractivity contribution in [2.75, 3.05) is 13.2 Å². The first-order chi connectivity index (χ1) is 16.8. The lowest BCUT2D eigenvalue weighted by Crippen LogP contribution is -2.33. The second-order valence-corrected chi connectivity index (χ2v) is 9.77. The molecule has 2 aromatic rings. The molecule has 2 aliphatic heterocycles. The summed E-state index contributed by atoms with van der Waals surface area (Å²) in [6.07, 6.45) is 4.22. The average molecular weight is 479 g/mol. The topological polar surface area (TPSA) is 104 Å². The first kappa shape index (κ1) is 23.9. The summed E-state index contributed by atoms with van der Waals surface area (Å²) in [4.78, 5) is 9.76. The number of aliphatic imine (C=N–C) groups is 1. The summed E-state index contributed by atoms with van der Waals surface area (Å²) < 4.78 is 19.9. The fourth-order valence-electron chi connectivity index (χ4n) is 5.17. The van der Waals surface area contributed by atoms with E-state index in [4.69, 9.17) is 29.9 Å². The molecule has 0 bridgehead atoms. The second-order valence-electron chi connectivity index (χ2n) is 9.77. The number of benzene rings is 1. The van der Waals surface area contributed by atoms with Gasteiger partial charge < -0.3 is 29.6 Å². The molecular formula is C27H34N4O4. The third kappa shape index (κ3) is 4.47. The lowest BCUT2D eigenvalue weighted by atomic mass is 9.78. The number of aliphatic hydroxyl groups excluding tert-OH is 1. The lowest BCUT2D eigenvalue weighted by molar-refractivity contribution is -0.139. The van der Waals surface area contributed by atoms with E-state index < -0.39 is 5.79 Å². The van der Waals surface area contributed by atoms with Crippen molar-refractivity contribution in [2.24, 2.45) is 16.6 Å². The van der Waals surface area contributed by atoms with Crippen molar-refractivity contribution in [3.05, 3.63) is 64.8 Å². The van der Waals surface area contributed by atoms with Crippen molar-refractivity contribution in [3.63, 3.8) is 0 Å². The highest BCUT2D eigenvalue weighted by Crippen LogP contribution is 2.42. The highest BCUT2D eigenvalue weighted by atomic mass is 16.7. The molecule has 0 amide bonds. The van der Waals surface area contributed by atoms with Crippen LogP contribution in [-0.2, 0) is 34.0 Å². The van der Waals surface area contributed by atoms with Gasteiger partial charge in [0.05, 0.1) is 31.5 Å². The van der Waals surface area contributed by atoms with Gasteiger partial charge in [-0.3, -0.25) is 4.99 Å². The predicted octanol–water partition coefficient (Wildman–Crippen LogP) is 3.27. The molecule has 1 aliphatic carbocycles. The molecule has 0 saturated carbocycles. The Morgan fingerprint density at radius 2 is 1.94 bits per heavy atom. The first-order valence-corrected chi connectivity index (χ1v) is 12.3. The quantitative estimate of drug-likeness (QED) is 0.633. The molecule has 1 fully saturated rings. The van der Waals surface area contributed by atoms with Crippen LogP contribution in [0.4, 0.5) is 0 Å². The molecule has 3 heterocycles. The van der Waals surface area contributed by atoms with E-state index in [-0.39, 0.29) is 24.7 Å². The van der Waals surface area contributed by atoms with Crippen molar-refractivity contribution in [3.8, 4) is 0 Å². The van der Waals surface area contributed by atoms with Crippen LogP contribution in [0.2, 0.25) is 0 Å². The number of imidazole rings is 1. The van der Waals surface area contributed by atoms with E-state index in [0.717, 1.165) is 28.2 Å². The van der Waals surface area contributed by atoms with Crippen LogP contribution in [0.1, 0.15) is 56.0 Å². The van der Waals surface area contributed by atoms with E-state index in [1.54, 1.807) is 0 Å². The molecule has 0 spiro atoms. The summed E-state index contributed by atoms with van der Waals surface area (Å²) in [7, 11) is 0. The maximum Gasteiger partial charge on any atom is 0.163 e. The molecule has 3 unspecified atom stereocenters. The van der Waals surface area contributed by atoms with Crippen LogP contribution in [0.3, 0.4) is 0 Å². The molecule has 3 N–H and O–H groups in total. The summed E-state index contributed by atoms with van der Waals surface area (Å²) in [6, 6.07) is 7.90. The van der Waals surface area contributed by atoms with Gasteiger partial charge in [-0.2, -0.15) is 0 Å². The van der Waals surface area contributed by atoms with Gasteiger partial charge in [0.1, 0.15) is 30.1 Å². The number of hydrogen-bond donors (Lipinski definition) is 2. The van der Waals surface area contributed by atoms with Crippen LogP contribution in [0.15, 0.2) is 41.4 Å². The number of rotatable bonds is 7. The molecule has 3 aliphatic rings. The van der Waals surface area contributed by atoms with E-state index in [0.29, 0.717) is 37.9 Å². The summed E-state index contributed by atoms with van der Waals surface area (Å²) in [5.41, 5.74) is 12.5. The Morgan fingerprint density at radius 3 is 2.60 bits per heavy atom. The van der Waals surface area contributed by atoms with E-state index in [1.165, 1.54) is 5.57 Å². The minimum absolute atomic E-state index is 0.0339. The van der Waals surface area contributed by atoms with Gasteiger partial charge in [-0.25, -0.2) is 4.98 Å². The van der Waals surface area contributed by atoms with Crippen LogP contribution in [0, 0.1) is 5.92 Å². The van der Waals surface area contributed by atoms with Gasteiger partial charge >= 0.3 is 0 Å². The van der Waals surface area contributed by atoms with Crippen LogP contribution in [0.25, 0.3) is 11.1 Å². The minimum Gasteiger partial charge on any atom is -0.392 e. The number of aromatic nitrogens is 2. The number of nitrogens with two attached hydrogens (primary N) is 1. The monoisotopic (exact) mass is 478 g/mol. The maximum absolute atomic E-state index is 9.39. The van der Waals surface area contributed by atoms with Crippen LogP contribution in [-0.4, -0.2) is 51.6 Å². The van der Waals surface area contributed by atoms with Crippen LogP contribution < -0.4 is 5.73 Å². The standard InChI is InChI=1S/C27H34N4O4/c1-5-33-15-22-29-24-25(31(22)12-19-14-34-27(3,4)35-19)21-11-10-20(16(2)23(21)30-26(24)28)18-8-6-17(13-32)7-9-18/h6-11,16,19,23,32H,5,12-15H2,1-4H3,(H2,28,30). The molecule has 5 rings (SSSR count). The van der Waals surface area contributed by atoms with Gasteiger partial charge in [0, 0.05) is 18.1 Å². The fraction of sp³-hybridized carbons (Fsp3) is 0.481. The highest BCUT2D eigenvalue weighted by molar-refractivity contribution is 6.04. The molecule has 186 valence electrons. The van der Waals surface area contributed by atoms with Crippen molar-refractivity contribution in [1.29, 1.82) is 0 Å². The number of allylic oxidation sites excluding steroid dienone is 2. The summed E-state index contributed by atoms with van der Waals surface area (Å²) in [5.74, 6) is 0.777. The number of fused-ring (bicyclic) bond motifs is 3. The molecule has 35 heavy (non-hydrogen) atoms. The molecule has 0 radical (unpaired) electrons. The van der Waals surface area contributed by atoms with E-state index in [1.807, 2.05) is 32.9 Å². The van der Waals surface area contributed by atoms with Gasteiger partial charge in [0.25, 0.3) is 0 Å². The Morgan fingerprint density at radius 1 is 1.20 bits per heavy atom. The molecular weight excluding hydrogens is 444 g/mol. The van der Waals surface area contributed by atoms with E-state index in [9.17, 15) is 5.11 Å². The van der Waals surface area contributed by atoms with Gasteiger partial charge in [-0.05, 0) is 37.5 Å². The van der Waals surface area contributed by atoms with Crippen molar-refractivity contribution in [2.45, 2.75) is 65.4 Å². The van der Waals surface area contributed by atoms with Gasteiger partial charge in [-0.15, -0.1) is 0 Å². The average Bonchev–Trinajstić information content (AvgIpc) is 3.38. The SMILES string of the molecule is CCOCc1nc2c(n1CC1COC(C)(C)O1)C1=CC=C(c3ccc(CO)cc3)C(C)C1N=C2N. The number of ether oxygens (including phenoxy) is 3. The van der Waals surface area contributed by atoms with Gasteiger partial charge in [-0.1, -0.05) is 43.3 Å². The molecule has 1 saturated heterocycles. The van der Waals surface area contributed by atoms with Crippen LogP contribution in [0.5, 0.6) is 0 Å². The summed E-state index contributed by atoms with van der Waals surface area (Å²) >= 11 is 0. The number of nitrogens with zero attached hydrogens (tertiary/aromatic N) is 3. The molecule has 1 aromatic carbocycles. The fourth-order valence-corrected chi connectivity index (χ4v) is 5.17. The lowest BCUT2D eigenvalue weighted by Gasteiger charge is -2.33. The predicted molar refractivity (Wildman–Crippen MR) is 134 cm³/mol. The van der Waals surface area contributed by atoms with Crippen molar-refractivity contribution in [1.82, 2.24) is 9.55 Å². The summed E-state index contributed by atoms with van der Waals surface area (Å²) in [5, 5.41) is 9.39. The van der Waals surface area contributed by atoms with Crippen molar-refractivity contribution >= 4 is 17.0 Å². The third-order valence-electron chi connectivity index (χ3n) is 6.92. The van der Waals surface area contributed by atoms with Gasteiger partial charge in [0.15, 0.2) is 5.79 Å². The Hall–Kier alpha value is -2.78. The van der Waals surface area contributed by atoms with Crippen molar-refractivity contribution < 1.29 is 19.3 Å². The Kier molecular flexibility index (Phi) is 6.40. The first-order valence-electron chi connectivity index (χ1n) is 12.3. The maximum atomic E-state index is 9.39. The zero-order valence-corrected chi connectivity index (χ0v) is 20.8. The second kappa shape index (κ2) is 9.35. The summed E-state index contributed by atoms with van der Waals surface area (Å²) in [6.45, 7) is 10.2. The molecule has 8 heteroatoms. The van der Waals surface area contributed by atoms with Crippen LogP contribution >= 0.6 is 0 Å². The zero-order chi connectivity index (χ0) is 24.7. The number of amidine groups is 1. The molecule has 1 aromatic heterocycles. The van der Waals surface area contributed by atoms with E-state index >= 15 is 0 Å². The number of hydrogen-bond acceptors (Lipinski definition) is 7. The minimum atomic E-state index is -0.601. The number of aliphatic hydroxyl groups is 1. The normalized spacial score (nSPS) is 24.9.